The van der Waals surface area contributed by atoms with E-state index in [2.05, 4.69) is 20.8 Å². The number of aromatic nitrogens is 4. The van der Waals surface area contributed by atoms with Crippen LogP contribution in [-0.4, -0.2) is 31.4 Å². The fraction of sp³-hybridized carbons (Fsp3) is 0.176. The van der Waals surface area contributed by atoms with Gasteiger partial charge in [0, 0.05) is 11.6 Å². The van der Waals surface area contributed by atoms with Gasteiger partial charge in [-0.3, -0.25) is 4.79 Å². The van der Waals surface area contributed by atoms with Gasteiger partial charge in [0.1, 0.15) is 0 Å². The number of nitrogens with zero attached hydrogens (tertiary/aromatic N) is 4. The molecule has 2 aromatic carbocycles. The Morgan fingerprint density at radius 3 is 2.64 bits per heavy atom. The third kappa shape index (κ3) is 4.58. The van der Waals surface area contributed by atoms with Gasteiger partial charge in [-0.1, -0.05) is 53.7 Å². The van der Waals surface area contributed by atoms with Crippen LogP contribution in [0.1, 0.15) is 12.5 Å². The maximum atomic E-state index is 12.3. The Balaban J connectivity index is 1.63. The van der Waals surface area contributed by atoms with E-state index in [1.807, 2.05) is 49.4 Å². The molecule has 1 heterocycles. The van der Waals surface area contributed by atoms with E-state index in [-0.39, 0.29) is 11.2 Å². The predicted molar refractivity (Wildman–Crippen MR) is 97.8 cm³/mol. The Bertz CT molecular complexity index is 838. The van der Waals surface area contributed by atoms with Crippen molar-refractivity contribution >= 4 is 29.3 Å². The number of tetrazole rings is 1. The van der Waals surface area contributed by atoms with Crippen LogP contribution in [0.5, 0.6) is 0 Å². The van der Waals surface area contributed by atoms with Crippen molar-refractivity contribution in [2.24, 2.45) is 0 Å². The molecule has 6 nitrogen and oxygen atoms in total. The van der Waals surface area contributed by atoms with Gasteiger partial charge in [-0.25, -0.2) is 0 Å². The highest BCUT2D eigenvalue weighted by Gasteiger charge is 2.19. The molecule has 0 bridgehead atoms. The van der Waals surface area contributed by atoms with E-state index in [0.717, 1.165) is 11.3 Å². The lowest BCUT2D eigenvalue weighted by Gasteiger charge is -2.11. The maximum absolute atomic E-state index is 12.3. The number of hydrogen-bond donors (Lipinski definition) is 1. The largest absolute Gasteiger partial charge is 0.351 e. The molecular weight excluding hydrogens is 358 g/mol. The zero-order valence-electron chi connectivity index (χ0n) is 13.5. The fourth-order valence-corrected chi connectivity index (χ4v) is 3.10. The van der Waals surface area contributed by atoms with Crippen molar-refractivity contribution in [2.75, 3.05) is 0 Å². The highest BCUT2D eigenvalue weighted by molar-refractivity contribution is 8.00. The molecule has 1 unspecified atom stereocenters. The highest BCUT2D eigenvalue weighted by Crippen LogP contribution is 2.23. The maximum Gasteiger partial charge on any atom is 0.233 e. The lowest BCUT2D eigenvalue weighted by molar-refractivity contribution is -0.120. The molecule has 3 rings (SSSR count). The summed E-state index contributed by atoms with van der Waals surface area (Å²) in [5, 5.41) is 15.5. The van der Waals surface area contributed by atoms with Crippen molar-refractivity contribution < 1.29 is 4.79 Å². The van der Waals surface area contributed by atoms with E-state index >= 15 is 0 Å². The summed E-state index contributed by atoms with van der Waals surface area (Å²) in [6.07, 6.45) is 0. The molecule has 0 aliphatic rings. The van der Waals surface area contributed by atoms with Gasteiger partial charge in [-0.15, -0.1) is 5.10 Å². The van der Waals surface area contributed by atoms with Crippen LogP contribution in [0.2, 0.25) is 5.02 Å². The normalized spacial score (nSPS) is 11.9. The second kappa shape index (κ2) is 8.13. The first-order chi connectivity index (χ1) is 12.1. The molecular formula is C17H16ClN5OS. The number of halogens is 1. The third-order valence-corrected chi connectivity index (χ3v) is 4.76. The topological polar surface area (TPSA) is 72.7 Å². The molecule has 25 heavy (non-hydrogen) atoms. The predicted octanol–water partition coefficient (Wildman–Crippen LogP) is 3.11. The first-order valence-electron chi connectivity index (χ1n) is 7.66. The molecule has 0 spiro atoms. The summed E-state index contributed by atoms with van der Waals surface area (Å²) in [6.45, 7) is 2.32. The summed E-state index contributed by atoms with van der Waals surface area (Å²) in [5.74, 6) is -0.0699. The van der Waals surface area contributed by atoms with Gasteiger partial charge in [0.05, 0.1) is 10.9 Å². The Labute approximate surface area is 154 Å². The minimum atomic E-state index is -0.333. The number of rotatable bonds is 6. The van der Waals surface area contributed by atoms with Gasteiger partial charge in [-0.05, 0) is 47.2 Å². The van der Waals surface area contributed by atoms with E-state index < -0.39 is 0 Å². The monoisotopic (exact) mass is 373 g/mol. The zero-order chi connectivity index (χ0) is 17.6. The van der Waals surface area contributed by atoms with Crippen LogP contribution in [0.4, 0.5) is 0 Å². The standard InChI is InChI=1S/C17H16ClN5OS/c1-12(16(24)19-11-13-5-3-2-4-6-13)25-17-20-21-22-23(17)15-9-7-14(18)8-10-15/h2-10,12H,11H2,1H3,(H,19,24). The number of carbonyl (C=O) groups is 1. The van der Waals surface area contributed by atoms with Crippen LogP contribution in [0.3, 0.4) is 0 Å². The Hall–Kier alpha value is -2.38. The smallest absolute Gasteiger partial charge is 0.233 e. The first kappa shape index (κ1) is 17.4. The number of thioether (sulfide) groups is 1. The fourth-order valence-electron chi connectivity index (χ4n) is 2.14. The molecule has 1 N–H and O–H groups in total. The molecule has 0 saturated heterocycles. The average molecular weight is 374 g/mol. The van der Waals surface area contributed by atoms with Crippen LogP contribution in [0, 0.1) is 0 Å². The van der Waals surface area contributed by atoms with Crippen molar-refractivity contribution in [3.63, 3.8) is 0 Å². The van der Waals surface area contributed by atoms with Crippen LogP contribution in [0.15, 0.2) is 59.8 Å². The molecule has 128 valence electrons. The molecule has 1 atom stereocenters. The van der Waals surface area contributed by atoms with Gasteiger partial charge < -0.3 is 5.32 Å². The summed E-state index contributed by atoms with van der Waals surface area (Å²) < 4.78 is 1.59. The van der Waals surface area contributed by atoms with Crippen molar-refractivity contribution in [3.8, 4) is 5.69 Å². The summed E-state index contributed by atoms with van der Waals surface area (Å²) in [4.78, 5) is 12.3. The van der Waals surface area contributed by atoms with Crippen molar-refractivity contribution in [3.05, 3.63) is 65.2 Å². The van der Waals surface area contributed by atoms with Crippen LogP contribution in [0.25, 0.3) is 5.69 Å². The molecule has 3 aromatic rings. The van der Waals surface area contributed by atoms with Gasteiger partial charge in [0.25, 0.3) is 0 Å². The lowest BCUT2D eigenvalue weighted by Crippen LogP contribution is -2.30. The summed E-state index contributed by atoms with van der Waals surface area (Å²) in [6, 6.07) is 17.0. The van der Waals surface area contributed by atoms with Gasteiger partial charge in [0.15, 0.2) is 0 Å². The van der Waals surface area contributed by atoms with Crippen LogP contribution < -0.4 is 5.32 Å². The summed E-state index contributed by atoms with van der Waals surface area (Å²) in [5.41, 5.74) is 1.84. The molecule has 0 aliphatic heterocycles. The Kier molecular flexibility index (Phi) is 5.67. The van der Waals surface area contributed by atoms with E-state index in [1.165, 1.54) is 11.8 Å². The van der Waals surface area contributed by atoms with Gasteiger partial charge >= 0.3 is 0 Å². The quantitative estimate of drug-likeness (QED) is 0.672. The third-order valence-electron chi connectivity index (χ3n) is 3.47. The van der Waals surface area contributed by atoms with E-state index in [4.69, 9.17) is 11.6 Å². The summed E-state index contributed by atoms with van der Waals surface area (Å²) in [7, 11) is 0. The number of carbonyl (C=O) groups excluding carboxylic acids is 1. The van der Waals surface area contributed by atoms with Gasteiger partial charge in [0.2, 0.25) is 11.1 Å². The average Bonchev–Trinajstić information content (AvgIpc) is 3.09. The minimum Gasteiger partial charge on any atom is -0.351 e. The molecule has 8 heteroatoms. The zero-order valence-corrected chi connectivity index (χ0v) is 15.0. The SMILES string of the molecule is CC(Sc1nnnn1-c1ccc(Cl)cc1)C(=O)NCc1ccccc1. The van der Waals surface area contributed by atoms with Crippen molar-refractivity contribution in [1.82, 2.24) is 25.5 Å². The number of benzene rings is 2. The molecule has 1 aromatic heterocycles. The number of hydrogen-bond acceptors (Lipinski definition) is 5. The molecule has 0 saturated carbocycles. The van der Waals surface area contributed by atoms with Crippen molar-refractivity contribution in [2.45, 2.75) is 23.9 Å². The Morgan fingerprint density at radius 2 is 1.92 bits per heavy atom. The Morgan fingerprint density at radius 1 is 1.20 bits per heavy atom. The number of amides is 1. The minimum absolute atomic E-state index is 0.0699. The molecule has 0 fully saturated rings. The second-order valence-corrected chi connectivity index (χ2v) is 7.06. The van der Waals surface area contributed by atoms with Crippen LogP contribution >= 0.6 is 23.4 Å². The molecule has 1 amide bonds. The lowest BCUT2D eigenvalue weighted by atomic mass is 10.2. The highest BCUT2D eigenvalue weighted by atomic mass is 35.5. The first-order valence-corrected chi connectivity index (χ1v) is 8.92. The van der Waals surface area contributed by atoms with Crippen molar-refractivity contribution in [1.29, 1.82) is 0 Å². The van der Waals surface area contributed by atoms with E-state index in [9.17, 15) is 4.79 Å². The van der Waals surface area contributed by atoms with E-state index in [0.29, 0.717) is 16.7 Å². The molecule has 0 radical (unpaired) electrons. The van der Waals surface area contributed by atoms with Crippen LogP contribution in [-0.2, 0) is 11.3 Å². The second-order valence-electron chi connectivity index (χ2n) is 5.31. The van der Waals surface area contributed by atoms with E-state index in [1.54, 1.807) is 16.8 Å². The number of nitrogens with one attached hydrogen (secondary N) is 1. The summed E-state index contributed by atoms with van der Waals surface area (Å²) >= 11 is 7.21. The van der Waals surface area contributed by atoms with Gasteiger partial charge in [-0.2, -0.15) is 4.68 Å². The molecule has 0 aliphatic carbocycles.